The van der Waals surface area contributed by atoms with Crippen LogP contribution in [0.2, 0.25) is 0 Å². The third-order valence-corrected chi connectivity index (χ3v) is 5.60. The number of benzene rings is 2. The molecule has 3 aromatic rings. The van der Waals surface area contributed by atoms with Gasteiger partial charge in [0.1, 0.15) is 6.10 Å². The second kappa shape index (κ2) is 8.48. The highest BCUT2D eigenvalue weighted by Gasteiger charge is 2.25. The summed E-state index contributed by atoms with van der Waals surface area (Å²) in [5, 5.41) is 0.965. The molecule has 6 nitrogen and oxygen atoms in total. The monoisotopic (exact) mass is 397 g/mol. The number of rotatable bonds is 6. The molecular formula is C21H23N3O3S. The summed E-state index contributed by atoms with van der Waals surface area (Å²) in [7, 11) is 3.29. The Labute approximate surface area is 168 Å². The number of para-hydroxylation sites is 1. The molecule has 0 atom stereocenters. The van der Waals surface area contributed by atoms with Crippen molar-refractivity contribution in [3.8, 4) is 28.6 Å². The predicted molar refractivity (Wildman–Crippen MR) is 111 cm³/mol. The number of aromatic nitrogens is 2. The highest BCUT2D eigenvalue weighted by molar-refractivity contribution is 7.09. The van der Waals surface area contributed by atoms with Gasteiger partial charge >= 0.3 is 0 Å². The first-order valence-corrected chi connectivity index (χ1v) is 10.1. The van der Waals surface area contributed by atoms with E-state index in [4.69, 9.17) is 19.2 Å². The molecule has 0 amide bonds. The van der Waals surface area contributed by atoms with E-state index in [1.807, 2.05) is 48.5 Å². The highest BCUT2D eigenvalue weighted by Crippen LogP contribution is 2.38. The number of hydrogen-bond donors (Lipinski definition) is 0. The van der Waals surface area contributed by atoms with E-state index in [2.05, 4.69) is 9.27 Å². The van der Waals surface area contributed by atoms with Gasteiger partial charge in [-0.25, -0.2) is 0 Å². The van der Waals surface area contributed by atoms with Crippen LogP contribution < -0.4 is 19.1 Å². The molecule has 28 heavy (non-hydrogen) atoms. The molecular weight excluding hydrogens is 374 g/mol. The van der Waals surface area contributed by atoms with Crippen molar-refractivity contribution < 1.29 is 14.2 Å². The van der Waals surface area contributed by atoms with Gasteiger partial charge in [-0.05, 0) is 12.1 Å². The van der Waals surface area contributed by atoms with Gasteiger partial charge in [-0.2, -0.15) is 9.36 Å². The zero-order chi connectivity index (χ0) is 19.3. The van der Waals surface area contributed by atoms with Gasteiger partial charge in [0.2, 0.25) is 10.9 Å². The van der Waals surface area contributed by atoms with Gasteiger partial charge in [0.05, 0.1) is 14.2 Å². The Kier molecular flexibility index (Phi) is 5.62. The number of hydrogen-bond acceptors (Lipinski definition) is 7. The summed E-state index contributed by atoms with van der Waals surface area (Å²) in [5.74, 6) is 2.85. The highest BCUT2D eigenvalue weighted by atomic mass is 32.1. The van der Waals surface area contributed by atoms with Crippen molar-refractivity contribution in [2.75, 3.05) is 32.2 Å². The number of ether oxygens (including phenoxy) is 3. The third kappa shape index (κ3) is 3.89. The van der Waals surface area contributed by atoms with Crippen molar-refractivity contribution in [1.29, 1.82) is 0 Å². The Morgan fingerprint density at radius 2 is 1.61 bits per heavy atom. The molecule has 0 unspecified atom stereocenters. The van der Waals surface area contributed by atoms with Crippen molar-refractivity contribution in [3.05, 3.63) is 48.5 Å². The predicted octanol–water partition coefficient (Wildman–Crippen LogP) is 4.27. The van der Waals surface area contributed by atoms with E-state index in [1.165, 1.54) is 11.5 Å². The number of nitrogens with zero attached hydrogens (tertiary/aromatic N) is 3. The maximum Gasteiger partial charge on any atom is 0.205 e. The molecule has 7 heteroatoms. The van der Waals surface area contributed by atoms with Gasteiger partial charge in [-0.15, -0.1) is 0 Å². The molecule has 0 bridgehead atoms. The molecule has 0 N–H and O–H groups in total. The van der Waals surface area contributed by atoms with Gasteiger partial charge in [0.15, 0.2) is 17.3 Å². The molecule has 146 valence electrons. The lowest BCUT2D eigenvalue weighted by molar-refractivity contribution is 0.158. The standard InChI is InChI=1S/C21H23N3O3S/c1-25-17-9-6-10-18(26-2)19(17)27-16-11-13-24(14-12-16)21-22-20(23-28-21)15-7-4-3-5-8-15/h3-10,16H,11-14H2,1-2H3. The summed E-state index contributed by atoms with van der Waals surface area (Å²) >= 11 is 1.45. The summed E-state index contributed by atoms with van der Waals surface area (Å²) in [4.78, 5) is 7.00. The zero-order valence-electron chi connectivity index (χ0n) is 16.0. The maximum atomic E-state index is 6.25. The minimum Gasteiger partial charge on any atom is -0.493 e. The molecule has 1 aliphatic rings. The molecule has 1 aliphatic heterocycles. The van der Waals surface area contributed by atoms with Crippen LogP contribution in [-0.2, 0) is 0 Å². The Balaban J connectivity index is 1.40. The quantitative estimate of drug-likeness (QED) is 0.619. The Morgan fingerprint density at radius 3 is 2.25 bits per heavy atom. The molecule has 0 saturated carbocycles. The van der Waals surface area contributed by atoms with E-state index in [1.54, 1.807) is 14.2 Å². The zero-order valence-corrected chi connectivity index (χ0v) is 16.8. The molecule has 0 spiro atoms. The SMILES string of the molecule is COc1cccc(OC)c1OC1CCN(c2nc(-c3ccccc3)ns2)CC1. The van der Waals surface area contributed by atoms with Crippen LogP contribution in [0.25, 0.3) is 11.4 Å². The Bertz CT molecular complexity index is 886. The van der Waals surface area contributed by atoms with Crippen LogP contribution in [0, 0.1) is 0 Å². The lowest BCUT2D eigenvalue weighted by Crippen LogP contribution is -2.38. The van der Waals surface area contributed by atoms with Crippen LogP contribution in [0.15, 0.2) is 48.5 Å². The molecule has 1 aromatic heterocycles. The molecule has 0 radical (unpaired) electrons. The lowest BCUT2D eigenvalue weighted by atomic mass is 10.1. The van der Waals surface area contributed by atoms with Crippen LogP contribution in [0.4, 0.5) is 5.13 Å². The number of anilines is 1. The van der Waals surface area contributed by atoms with Crippen molar-refractivity contribution in [1.82, 2.24) is 9.36 Å². The normalized spacial score (nSPS) is 14.7. The van der Waals surface area contributed by atoms with E-state index >= 15 is 0 Å². The first kappa shape index (κ1) is 18.6. The van der Waals surface area contributed by atoms with E-state index in [0.717, 1.165) is 42.5 Å². The number of piperidine rings is 1. The van der Waals surface area contributed by atoms with E-state index < -0.39 is 0 Å². The van der Waals surface area contributed by atoms with E-state index in [0.29, 0.717) is 17.2 Å². The Hall–Kier alpha value is -2.80. The fraction of sp³-hybridized carbons (Fsp3) is 0.333. The number of methoxy groups -OCH3 is 2. The largest absolute Gasteiger partial charge is 0.493 e. The van der Waals surface area contributed by atoms with E-state index in [-0.39, 0.29) is 6.10 Å². The van der Waals surface area contributed by atoms with Crippen molar-refractivity contribution >= 4 is 16.7 Å². The minimum absolute atomic E-state index is 0.114. The molecule has 2 heterocycles. The average Bonchev–Trinajstić information content (AvgIpc) is 3.25. The topological polar surface area (TPSA) is 56.7 Å². The van der Waals surface area contributed by atoms with Crippen LogP contribution in [0.1, 0.15) is 12.8 Å². The summed E-state index contributed by atoms with van der Waals surface area (Å²) in [6, 6.07) is 15.7. The van der Waals surface area contributed by atoms with Crippen LogP contribution in [-0.4, -0.2) is 42.8 Å². The second-order valence-corrected chi connectivity index (χ2v) is 7.29. The van der Waals surface area contributed by atoms with Gasteiger partial charge < -0.3 is 19.1 Å². The minimum atomic E-state index is 0.114. The molecule has 4 rings (SSSR count). The van der Waals surface area contributed by atoms with E-state index in [9.17, 15) is 0 Å². The second-order valence-electron chi connectivity index (χ2n) is 6.56. The molecule has 1 saturated heterocycles. The molecule has 0 aliphatic carbocycles. The van der Waals surface area contributed by atoms with Crippen LogP contribution >= 0.6 is 11.5 Å². The summed E-state index contributed by atoms with van der Waals surface area (Å²) < 4.78 is 21.6. The van der Waals surface area contributed by atoms with Gasteiger partial charge in [0.25, 0.3) is 0 Å². The van der Waals surface area contributed by atoms with Crippen molar-refractivity contribution in [2.45, 2.75) is 18.9 Å². The van der Waals surface area contributed by atoms with Crippen LogP contribution in [0.5, 0.6) is 17.2 Å². The summed E-state index contributed by atoms with van der Waals surface area (Å²) in [6.07, 6.45) is 1.92. The summed E-state index contributed by atoms with van der Waals surface area (Å²) in [5.41, 5.74) is 1.05. The third-order valence-electron chi connectivity index (χ3n) is 4.83. The van der Waals surface area contributed by atoms with Crippen molar-refractivity contribution in [3.63, 3.8) is 0 Å². The first-order chi connectivity index (χ1) is 13.8. The Morgan fingerprint density at radius 1 is 0.929 bits per heavy atom. The van der Waals surface area contributed by atoms with Gasteiger partial charge in [-0.3, -0.25) is 0 Å². The smallest absolute Gasteiger partial charge is 0.205 e. The fourth-order valence-corrected chi connectivity index (χ4v) is 4.05. The maximum absolute atomic E-state index is 6.25. The fourth-order valence-electron chi connectivity index (χ4n) is 3.31. The van der Waals surface area contributed by atoms with Gasteiger partial charge in [0, 0.05) is 43.0 Å². The lowest BCUT2D eigenvalue weighted by Gasteiger charge is -2.32. The van der Waals surface area contributed by atoms with Gasteiger partial charge in [-0.1, -0.05) is 36.4 Å². The first-order valence-electron chi connectivity index (χ1n) is 9.30. The average molecular weight is 398 g/mol. The van der Waals surface area contributed by atoms with Crippen LogP contribution in [0.3, 0.4) is 0 Å². The van der Waals surface area contributed by atoms with Crippen molar-refractivity contribution in [2.24, 2.45) is 0 Å². The molecule has 2 aromatic carbocycles. The molecule has 1 fully saturated rings. The summed E-state index contributed by atoms with van der Waals surface area (Å²) in [6.45, 7) is 1.76.